The molecule has 0 radical (unpaired) electrons. The molecule has 0 unspecified atom stereocenters. The topological polar surface area (TPSA) is 12.0 Å². The highest BCUT2D eigenvalue weighted by Crippen LogP contribution is 2.28. The molecule has 1 aromatic carbocycles. The zero-order valence-corrected chi connectivity index (χ0v) is 9.66. The maximum absolute atomic E-state index is 3.60. The van der Waals surface area contributed by atoms with Gasteiger partial charge < -0.3 is 5.32 Å². The van der Waals surface area contributed by atoms with E-state index >= 15 is 0 Å². The molecule has 2 heteroatoms. The number of nitrogens with one attached hydrogen (secondary N) is 1. The Balaban J connectivity index is 2.63. The van der Waals surface area contributed by atoms with Crippen LogP contribution in [0, 0.1) is 13.8 Å². The third-order valence-corrected chi connectivity index (χ3v) is 3.67. The summed E-state index contributed by atoms with van der Waals surface area (Å²) in [5.74, 6) is 0. The summed E-state index contributed by atoms with van der Waals surface area (Å²) in [5.41, 5.74) is 5.87. The molecule has 0 saturated carbocycles. The molecule has 0 saturated heterocycles. The quantitative estimate of drug-likeness (QED) is 0.735. The Bertz CT molecular complexity index is 344. The number of halogens is 1. The van der Waals surface area contributed by atoms with Gasteiger partial charge in [0.25, 0.3) is 0 Å². The molecule has 0 atom stereocenters. The van der Waals surface area contributed by atoms with Gasteiger partial charge >= 0.3 is 0 Å². The summed E-state index contributed by atoms with van der Waals surface area (Å²) < 4.78 is 1.26. The van der Waals surface area contributed by atoms with E-state index in [0.29, 0.717) is 0 Å². The maximum atomic E-state index is 3.60. The lowest BCUT2D eigenvalue weighted by Gasteiger charge is -2.22. The third-order valence-electron chi connectivity index (χ3n) is 2.85. The van der Waals surface area contributed by atoms with Gasteiger partial charge in [-0.2, -0.15) is 0 Å². The number of rotatable bonds is 0. The standard InChI is InChI=1S/C11H14BrN/c1-7-5-11(12)8(2)9-3-4-13-6-10(7)9/h5,13H,3-4,6H2,1-2H3. The van der Waals surface area contributed by atoms with E-state index in [1.165, 1.54) is 27.6 Å². The molecule has 70 valence electrons. The predicted molar refractivity (Wildman–Crippen MR) is 59.0 cm³/mol. The van der Waals surface area contributed by atoms with Crippen molar-refractivity contribution in [2.24, 2.45) is 0 Å². The maximum Gasteiger partial charge on any atom is 0.0211 e. The first-order valence-corrected chi connectivity index (χ1v) is 5.47. The largest absolute Gasteiger partial charge is 0.312 e. The highest BCUT2D eigenvalue weighted by molar-refractivity contribution is 9.10. The Morgan fingerprint density at radius 2 is 2.08 bits per heavy atom. The average molecular weight is 240 g/mol. The highest BCUT2D eigenvalue weighted by Gasteiger charge is 2.14. The lowest BCUT2D eigenvalue weighted by Crippen LogP contribution is -2.25. The fourth-order valence-corrected chi connectivity index (χ4v) is 2.59. The number of hydrogen-bond acceptors (Lipinski definition) is 1. The van der Waals surface area contributed by atoms with Crippen molar-refractivity contribution in [3.8, 4) is 0 Å². The smallest absolute Gasteiger partial charge is 0.0211 e. The summed E-state index contributed by atoms with van der Waals surface area (Å²) in [4.78, 5) is 0. The van der Waals surface area contributed by atoms with E-state index in [0.717, 1.165) is 13.1 Å². The van der Waals surface area contributed by atoms with Gasteiger partial charge in [0.05, 0.1) is 0 Å². The van der Waals surface area contributed by atoms with Gasteiger partial charge in [-0.1, -0.05) is 15.9 Å². The molecular weight excluding hydrogens is 226 g/mol. The van der Waals surface area contributed by atoms with Gasteiger partial charge in [-0.3, -0.25) is 0 Å². The van der Waals surface area contributed by atoms with Crippen LogP contribution in [0.5, 0.6) is 0 Å². The molecule has 0 amide bonds. The first kappa shape index (κ1) is 9.22. The van der Waals surface area contributed by atoms with Gasteiger partial charge in [0.1, 0.15) is 0 Å². The minimum absolute atomic E-state index is 1.04. The van der Waals surface area contributed by atoms with Crippen LogP contribution in [0.2, 0.25) is 0 Å². The molecule has 0 spiro atoms. The van der Waals surface area contributed by atoms with Crippen LogP contribution in [0.15, 0.2) is 10.5 Å². The second kappa shape index (κ2) is 3.43. The highest BCUT2D eigenvalue weighted by atomic mass is 79.9. The lowest BCUT2D eigenvalue weighted by atomic mass is 9.93. The van der Waals surface area contributed by atoms with Crippen LogP contribution in [0.25, 0.3) is 0 Å². The molecule has 13 heavy (non-hydrogen) atoms. The summed E-state index contributed by atoms with van der Waals surface area (Å²) >= 11 is 3.60. The van der Waals surface area contributed by atoms with Gasteiger partial charge in [0.2, 0.25) is 0 Å². The van der Waals surface area contributed by atoms with Crippen molar-refractivity contribution < 1.29 is 0 Å². The Kier molecular flexibility index (Phi) is 2.43. The van der Waals surface area contributed by atoms with Crippen LogP contribution >= 0.6 is 15.9 Å². The van der Waals surface area contributed by atoms with E-state index < -0.39 is 0 Å². The molecular formula is C11H14BrN. The zero-order valence-electron chi connectivity index (χ0n) is 8.08. The minimum atomic E-state index is 1.04. The third kappa shape index (κ3) is 1.53. The summed E-state index contributed by atoms with van der Waals surface area (Å²) in [6, 6.07) is 2.22. The molecule has 1 aromatic rings. The van der Waals surface area contributed by atoms with Crippen LogP contribution < -0.4 is 5.32 Å². The lowest BCUT2D eigenvalue weighted by molar-refractivity contribution is 0.637. The first-order valence-electron chi connectivity index (χ1n) is 4.68. The molecule has 0 aliphatic carbocycles. The number of benzene rings is 1. The van der Waals surface area contributed by atoms with Crippen molar-refractivity contribution in [2.75, 3.05) is 6.54 Å². The van der Waals surface area contributed by atoms with E-state index in [4.69, 9.17) is 0 Å². The molecule has 1 N–H and O–H groups in total. The molecule has 1 nitrogen and oxygen atoms in total. The van der Waals surface area contributed by atoms with Gasteiger partial charge in [-0.25, -0.2) is 0 Å². The normalized spacial score (nSPS) is 15.6. The molecule has 1 aliphatic heterocycles. The molecule has 2 rings (SSSR count). The fourth-order valence-electron chi connectivity index (χ4n) is 2.01. The van der Waals surface area contributed by atoms with E-state index in [9.17, 15) is 0 Å². The van der Waals surface area contributed by atoms with Crippen molar-refractivity contribution >= 4 is 15.9 Å². The van der Waals surface area contributed by atoms with Gasteiger partial charge in [0, 0.05) is 11.0 Å². The molecule has 0 aromatic heterocycles. The van der Waals surface area contributed by atoms with E-state index in [-0.39, 0.29) is 0 Å². The summed E-state index contributed by atoms with van der Waals surface area (Å²) in [6.07, 6.45) is 1.17. The van der Waals surface area contributed by atoms with Crippen molar-refractivity contribution in [1.29, 1.82) is 0 Å². The Morgan fingerprint density at radius 1 is 1.31 bits per heavy atom. The van der Waals surface area contributed by atoms with Crippen LogP contribution in [-0.2, 0) is 13.0 Å². The number of fused-ring (bicyclic) bond motifs is 1. The molecule has 0 fully saturated rings. The zero-order chi connectivity index (χ0) is 9.42. The summed E-state index contributed by atoms with van der Waals surface area (Å²) in [6.45, 7) is 6.54. The van der Waals surface area contributed by atoms with E-state index in [1.807, 2.05) is 0 Å². The summed E-state index contributed by atoms with van der Waals surface area (Å²) in [5, 5.41) is 3.41. The van der Waals surface area contributed by atoms with Crippen molar-refractivity contribution in [1.82, 2.24) is 5.32 Å². The van der Waals surface area contributed by atoms with Crippen LogP contribution in [0.3, 0.4) is 0 Å². The van der Waals surface area contributed by atoms with Crippen LogP contribution in [0.1, 0.15) is 22.3 Å². The van der Waals surface area contributed by atoms with Gasteiger partial charge in [-0.15, -0.1) is 0 Å². The first-order chi connectivity index (χ1) is 6.20. The van der Waals surface area contributed by atoms with Gasteiger partial charge in [0.15, 0.2) is 0 Å². The molecule has 0 bridgehead atoms. The second-order valence-corrected chi connectivity index (χ2v) is 4.54. The van der Waals surface area contributed by atoms with Crippen molar-refractivity contribution in [3.05, 3.63) is 32.8 Å². The predicted octanol–water partition coefficient (Wildman–Crippen LogP) is 2.71. The monoisotopic (exact) mass is 239 g/mol. The van der Waals surface area contributed by atoms with Crippen molar-refractivity contribution in [3.63, 3.8) is 0 Å². The SMILES string of the molecule is Cc1cc(Br)c(C)c2c1CNCC2. The fraction of sp³-hybridized carbons (Fsp3) is 0.455. The Labute approximate surface area is 87.7 Å². The number of hydrogen-bond donors (Lipinski definition) is 1. The van der Waals surface area contributed by atoms with Crippen molar-refractivity contribution in [2.45, 2.75) is 26.8 Å². The molecule has 1 heterocycles. The van der Waals surface area contributed by atoms with Crippen LogP contribution in [-0.4, -0.2) is 6.54 Å². The molecule has 1 aliphatic rings. The Morgan fingerprint density at radius 3 is 2.85 bits per heavy atom. The second-order valence-electron chi connectivity index (χ2n) is 3.68. The minimum Gasteiger partial charge on any atom is -0.312 e. The van der Waals surface area contributed by atoms with Crippen LogP contribution in [0.4, 0.5) is 0 Å². The summed E-state index contributed by atoms with van der Waals surface area (Å²) in [7, 11) is 0. The number of aryl methyl sites for hydroxylation is 1. The van der Waals surface area contributed by atoms with E-state index in [2.05, 4.69) is 41.2 Å². The van der Waals surface area contributed by atoms with Gasteiger partial charge in [-0.05, 0) is 55.1 Å². The van der Waals surface area contributed by atoms with E-state index in [1.54, 1.807) is 5.56 Å². The average Bonchev–Trinajstić information content (AvgIpc) is 2.15. The Hall–Kier alpha value is -0.340.